The summed E-state index contributed by atoms with van der Waals surface area (Å²) in [6, 6.07) is 51.4. The summed E-state index contributed by atoms with van der Waals surface area (Å²) in [5.41, 5.74) is 7.94. The van der Waals surface area contributed by atoms with Gasteiger partial charge in [0, 0.05) is 0 Å². The van der Waals surface area contributed by atoms with E-state index in [4.69, 9.17) is 0 Å². The average molecular weight is 529 g/mol. The van der Waals surface area contributed by atoms with Crippen molar-refractivity contribution in [3.8, 4) is 33.4 Å². The highest BCUT2D eigenvalue weighted by atomic mass is 28.3. The molecule has 0 fully saturated rings. The van der Waals surface area contributed by atoms with Crippen molar-refractivity contribution in [3.63, 3.8) is 0 Å². The molecule has 7 rings (SSSR count). The van der Waals surface area contributed by atoms with Gasteiger partial charge in [-0.25, -0.2) is 0 Å². The Morgan fingerprint density at radius 3 is 1.75 bits per heavy atom. The molecule has 0 nitrogen and oxygen atoms in total. The maximum Gasteiger partial charge on any atom is 0.0792 e. The standard InChI is InChI=1S/C39H32Si/c1-40(2,3)39-37(34-23-13-22-33-30-18-9-7-16-28(30)24-25-35(33)34)26-29-17-8-10-20-32(29)38(39)36-21-12-11-19-31(36)27-14-5-4-6-15-27/h4-26H,1-3H3. The summed E-state index contributed by atoms with van der Waals surface area (Å²) in [5.74, 6) is 0. The third-order valence-electron chi connectivity index (χ3n) is 8.16. The molecule has 7 aromatic carbocycles. The van der Waals surface area contributed by atoms with Gasteiger partial charge in [0.1, 0.15) is 0 Å². The molecule has 192 valence electrons. The maximum absolute atomic E-state index is 2.50. The highest BCUT2D eigenvalue weighted by molar-refractivity contribution is 6.91. The summed E-state index contributed by atoms with van der Waals surface area (Å²) in [4.78, 5) is 0. The van der Waals surface area contributed by atoms with E-state index in [2.05, 4.69) is 159 Å². The first-order chi connectivity index (χ1) is 19.5. The molecule has 0 aliphatic carbocycles. The van der Waals surface area contributed by atoms with Crippen LogP contribution in [-0.4, -0.2) is 8.07 Å². The number of hydrogen-bond donors (Lipinski definition) is 0. The molecular formula is C39H32Si. The van der Waals surface area contributed by atoms with Crippen molar-refractivity contribution in [3.05, 3.63) is 140 Å². The average Bonchev–Trinajstić information content (AvgIpc) is 2.99. The Balaban J connectivity index is 1.64. The zero-order valence-corrected chi connectivity index (χ0v) is 24.3. The molecule has 0 heterocycles. The lowest BCUT2D eigenvalue weighted by Gasteiger charge is -2.29. The zero-order valence-electron chi connectivity index (χ0n) is 23.3. The summed E-state index contributed by atoms with van der Waals surface area (Å²) in [6.07, 6.45) is 0. The lowest BCUT2D eigenvalue weighted by molar-refractivity contribution is 1.59. The van der Waals surface area contributed by atoms with Gasteiger partial charge in [0.25, 0.3) is 0 Å². The van der Waals surface area contributed by atoms with Crippen molar-refractivity contribution in [1.82, 2.24) is 0 Å². The van der Waals surface area contributed by atoms with Crippen molar-refractivity contribution >= 4 is 45.6 Å². The van der Waals surface area contributed by atoms with Crippen LogP contribution in [0.25, 0.3) is 65.7 Å². The highest BCUT2D eigenvalue weighted by Crippen LogP contribution is 2.41. The van der Waals surface area contributed by atoms with Gasteiger partial charge in [0.05, 0.1) is 8.07 Å². The van der Waals surface area contributed by atoms with Crippen LogP contribution in [0, 0.1) is 0 Å². The third kappa shape index (κ3) is 4.06. The van der Waals surface area contributed by atoms with Gasteiger partial charge in [0.2, 0.25) is 0 Å². The lowest BCUT2D eigenvalue weighted by Crippen LogP contribution is -2.40. The first kappa shape index (κ1) is 24.6. The van der Waals surface area contributed by atoms with E-state index in [-0.39, 0.29) is 0 Å². The van der Waals surface area contributed by atoms with Crippen LogP contribution in [0.5, 0.6) is 0 Å². The zero-order chi connectivity index (χ0) is 27.3. The van der Waals surface area contributed by atoms with Gasteiger partial charge in [-0.05, 0) is 77.0 Å². The highest BCUT2D eigenvalue weighted by Gasteiger charge is 2.28. The van der Waals surface area contributed by atoms with Gasteiger partial charge in [-0.15, -0.1) is 0 Å². The minimum Gasteiger partial charge on any atom is -0.0656 e. The van der Waals surface area contributed by atoms with Crippen molar-refractivity contribution in [2.24, 2.45) is 0 Å². The number of rotatable bonds is 4. The molecule has 0 aromatic heterocycles. The topological polar surface area (TPSA) is 0 Å². The van der Waals surface area contributed by atoms with Gasteiger partial charge in [-0.1, -0.05) is 153 Å². The van der Waals surface area contributed by atoms with E-state index < -0.39 is 8.07 Å². The van der Waals surface area contributed by atoms with Crippen LogP contribution in [0.4, 0.5) is 0 Å². The van der Waals surface area contributed by atoms with Crippen molar-refractivity contribution in [1.29, 1.82) is 0 Å². The summed E-state index contributed by atoms with van der Waals surface area (Å²) >= 11 is 0. The molecule has 0 aliphatic rings. The van der Waals surface area contributed by atoms with E-state index in [1.54, 1.807) is 0 Å². The van der Waals surface area contributed by atoms with Crippen LogP contribution < -0.4 is 5.19 Å². The Labute approximate surface area is 237 Å². The largest absolute Gasteiger partial charge is 0.0792 e. The van der Waals surface area contributed by atoms with Crippen molar-refractivity contribution in [2.75, 3.05) is 0 Å². The van der Waals surface area contributed by atoms with Crippen LogP contribution in [0.15, 0.2) is 140 Å². The molecular weight excluding hydrogens is 497 g/mol. The third-order valence-corrected chi connectivity index (χ3v) is 10.2. The smallest absolute Gasteiger partial charge is 0.0656 e. The van der Waals surface area contributed by atoms with E-state index in [1.807, 2.05) is 0 Å². The molecule has 0 saturated heterocycles. The maximum atomic E-state index is 2.50. The summed E-state index contributed by atoms with van der Waals surface area (Å²) < 4.78 is 0. The Bertz CT molecular complexity index is 2030. The van der Waals surface area contributed by atoms with Crippen LogP contribution >= 0.6 is 0 Å². The van der Waals surface area contributed by atoms with Crippen molar-refractivity contribution < 1.29 is 0 Å². The summed E-state index contributed by atoms with van der Waals surface area (Å²) in [6.45, 7) is 7.49. The molecule has 1 heteroatoms. The van der Waals surface area contributed by atoms with E-state index >= 15 is 0 Å². The normalized spacial score (nSPS) is 11.9. The van der Waals surface area contributed by atoms with Crippen molar-refractivity contribution in [2.45, 2.75) is 19.6 Å². The molecule has 0 aliphatic heterocycles. The number of benzene rings is 7. The van der Waals surface area contributed by atoms with E-state index in [0.29, 0.717) is 0 Å². The minimum atomic E-state index is -1.87. The Morgan fingerprint density at radius 2 is 0.975 bits per heavy atom. The number of fused-ring (bicyclic) bond motifs is 4. The predicted molar refractivity (Wildman–Crippen MR) is 178 cm³/mol. The molecule has 0 N–H and O–H groups in total. The van der Waals surface area contributed by atoms with E-state index in [1.165, 1.54) is 70.9 Å². The Hall–Kier alpha value is -4.46. The molecule has 40 heavy (non-hydrogen) atoms. The molecule has 7 aromatic rings. The fourth-order valence-corrected chi connectivity index (χ4v) is 8.50. The predicted octanol–water partition coefficient (Wildman–Crippen LogP) is 10.7. The molecule has 0 amide bonds. The minimum absolute atomic E-state index is 1.26. The van der Waals surface area contributed by atoms with Crippen LogP contribution in [0.3, 0.4) is 0 Å². The fourth-order valence-electron chi connectivity index (χ4n) is 6.46. The van der Waals surface area contributed by atoms with Crippen LogP contribution in [0.1, 0.15) is 0 Å². The first-order valence-corrected chi connectivity index (χ1v) is 17.6. The molecule has 0 bridgehead atoms. The Morgan fingerprint density at radius 1 is 0.375 bits per heavy atom. The van der Waals surface area contributed by atoms with Gasteiger partial charge < -0.3 is 0 Å². The Kier molecular flexibility index (Phi) is 5.91. The second kappa shape index (κ2) is 9.62. The van der Waals surface area contributed by atoms with Gasteiger partial charge in [-0.3, -0.25) is 0 Å². The van der Waals surface area contributed by atoms with Gasteiger partial charge in [-0.2, -0.15) is 0 Å². The first-order valence-electron chi connectivity index (χ1n) is 14.1. The van der Waals surface area contributed by atoms with Crippen LogP contribution in [-0.2, 0) is 0 Å². The van der Waals surface area contributed by atoms with Gasteiger partial charge in [0.15, 0.2) is 0 Å². The molecule has 0 unspecified atom stereocenters. The summed E-state index contributed by atoms with van der Waals surface area (Å²) in [5, 5.41) is 9.37. The molecule has 0 atom stereocenters. The SMILES string of the molecule is C[Si](C)(C)c1c(-c2cccc3c2ccc2ccccc23)cc2ccccc2c1-c1ccccc1-c1ccccc1. The van der Waals surface area contributed by atoms with Crippen LogP contribution in [0.2, 0.25) is 19.6 Å². The second-order valence-corrected chi connectivity index (χ2v) is 16.7. The quantitative estimate of drug-likeness (QED) is 0.157. The van der Waals surface area contributed by atoms with E-state index in [9.17, 15) is 0 Å². The lowest BCUT2D eigenvalue weighted by atomic mass is 9.87. The molecule has 0 saturated carbocycles. The molecule has 0 radical (unpaired) electrons. The fraction of sp³-hybridized carbons (Fsp3) is 0.0769. The summed E-state index contributed by atoms with van der Waals surface area (Å²) in [7, 11) is -1.87. The molecule has 0 spiro atoms. The second-order valence-electron chi connectivity index (χ2n) is 11.7. The van der Waals surface area contributed by atoms with E-state index in [0.717, 1.165) is 0 Å². The number of hydrogen-bond acceptors (Lipinski definition) is 0. The monoisotopic (exact) mass is 528 g/mol. The van der Waals surface area contributed by atoms with Gasteiger partial charge >= 0.3 is 0 Å².